The smallest absolute Gasteiger partial charge is 0.286 e. The van der Waals surface area contributed by atoms with Crippen LogP contribution in [-0.2, 0) is 36.7 Å². The van der Waals surface area contributed by atoms with Crippen LogP contribution in [0.4, 0.5) is 11.4 Å². The maximum absolute atomic E-state index is 14.1. The SMILES string of the molecule is CC1(CCCc2ccccc2)C(=O)C(C2=NS(=O)(=O)c3cc(NS(C)(=O)=O)ccc3N2)C(=O)c2ccccc21. The van der Waals surface area contributed by atoms with Crippen LogP contribution in [0, 0.1) is 5.92 Å². The highest BCUT2D eigenvalue weighted by Crippen LogP contribution is 2.42. The summed E-state index contributed by atoms with van der Waals surface area (Å²) in [7, 11) is -7.99. The highest BCUT2D eigenvalue weighted by Gasteiger charge is 2.51. The van der Waals surface area contributed by atoms with Crippen LogP contribution in [0.25, 0.3) is 0 Å². The first kappa shape index (κ1) is 26.8. The molecule has 3 aromatic rings. The number of Topliss-reactive ketones (excluding diaryl/α,β-unsaturated/α-hetero) is 2. The minimum absolute atomic E-state index is 0.0463. The molecule has 0 saturated heterocycles. The van der Waals surface area contributed by atoms with Crippen LogP contribution in [0.3, 0.4) is 0 Å². The third kappa shape index (κ3) is 5.11. The molecule has 3 aromatic carbocycles. The summed E-state index contributed by atoms with van der Waals surface area (Å²) < 4.78 is 55.6. The number of amidine groups is 1. The molecule has 0 amide bonds. The van der Waals surface area contributed by atoms with Crippen molar-refractivity contribution in [1.29, 1.82) is 0 Å². The number of anilines is 2. The molecule has 0 radical (unpaired) electrons. The fraction of sp³-hybridized carbons (Fsp3) is 0.250. The number of hydrogen-bond acceptors (Lipinski definition) is 7. The van der Waals surface area contributed by atoms with E-state index in [9.17, 15) is 26.4 Å². The molecule has 1 aliphatic heterocycles. The van der Waals surface area contributed by atoms with E-state index < -0.39 is 42.9 Å². The lowest BCUT2D eigenvalue weighted by Gasteiger charge is -2.38. The van der Waals surface area contributed by atoms with Gasteiger partial charge in [-0.2, -0.15) is 8.42 Å². The van der Waals surface area contributed by atoms with E-state index in [-0.39, 0.29) is 22.1 Å². The summed E-state index contributed by atoms with van der Waals surface area (Å²) in [5.74, 6) is -2.63. The molecule has 202 valence electrons. The zero-order valence-corrected chi connectivity index (χ0v) is 23.0. The van der Waals surface area contributed by atoms with Gasteiger partial charge >= 0.3 is 0 Å². The van der Waals surface area contributed by atoms with Crippen molar-refractivity contribution in [2.75, 3.05) is 16.3 Å². The Labute approximate surface area is 227 Å². The molecule has 11 heteroatoms. The van der Waals surface area contributed by atoms with Gasteiger partial charge in [0, 0.05) is 11.3 Å². The van der Waals surface area contributed by atoms with Crippen LogP contribution in [0.2, 0.25) is 0 Å². The van der Waals surface area contributed by atoms with Crippen LogP contribution < -0.4 is 10.0 Å². The van der Waals surface area contributed by atoms with Gasteiger partial charge in [0.1, 0.15) is 16.6 Å². The number of benzene rings is 3. The predicted octanol–water partition coefficient (Wildman–Crippen LogP) is 3.93. The van der Waals surface area contributed by atoms with E-state index in [4.69, 9.17) is 0 Å². The molecule has 0 bridgehead atoms. The van der Waals surface area contributed by atoms with Crippen LogP contribution in [0.1, 0.15) is 41.3 Å². The first-order chi connectivity index (χ1) is 18.4. The lowest BCUT2D eigenvalue weighted by molar-refractivity contribution is -0.125. The number of carbonyl (C=O) groups is 2. The van der Waals surface area contributed by atoms with Gasteiger partial charge in [0.15, 0.2) is 11.6 Å². The highest BCUT2D eigenvalue weighted by molar-refractivity contribution is 7.92. The number of rotatable bonds is 7. The zero-order valence-electron chi connectivity index (χ0n) is 21.3. The number of aryl methyl sites for hydroxylation is 1. The Bertz CT molecular complexity index is 1730. The second kappa shape index (κ2) is 9.73. The van der Waals surface area contributed by atoms with E-state index >= 15 is 0 Å². The molecular formula is C28H27N3O6S2. The summed E-state index contributed by atoms with van der Waals surface area (Å²) in [6.07, 6.45) is 2.83. The number of ketones is 2. The van der Waals surface area contributed by atoms with E-state index in [1.165, 1.54) is 12.1 Å². The Balaban J connectivity index is 1.51. The summed E-state index contributed by atoms with van der Waals surface area (Å²) >= 11 is 0. The Kier molecular flexibility index (Phi) is 6.68. The normalized spacial score (nSPS) is 21.8. The van der Waals surface area contributed by atoms with Crippen molar-refractivity contribution < 1.29 is 26.4 Å². The fourth-order valence-electron chi connectivity index (χ4n) is 5.28. The van der Waals surface area contributed by atoms with Crippen LogP contribution >= 0.6 is 0 Å². The van der Waals surface area contributed by atoms with Crippen molar-refractivity contribution in [1.82, 2.24) is 0 Å². The largest absolute Gasteiger partial charge is 0.341 e. The Morgan fingerprint density at radius 2 is 1.69 bits per heavy atom. The van der Waals surface area contributed by atoms with E-state index in [2.05, 4.69) is 14.4 Å². The Morgan fingerprint density at radius 3 is 2.41 bits per heavy atom. The highest BCUT2D eigenvalue weighted by atomic mass is 32.2. The third-order valence-electron chi connectivity index (χ3n) is 7.16. The van der Waals surface area contributed by atoms with Crippen molar-refractivity contribution in [3.05, 3.63) is 89.5 Å². The van der Waals surface area contributed by atoms with Gasteiger partial charge in [-0.3, -0.25) is 14.3 Å². The Hall–Kier alpha value is -3.83. The summed E-state index contributed by atoms with van der Waals surface area (Å²) in [5.41, 5.74) is 1.23. The number of nitrogens with zero attached hydrogens (tertiary/aromatic N) is 1. The summed E-state index contributed by atoms with van der Waals surface area (Å²) in [6, 6.07) is 20.7. The topological polar surface area (TPSA) is 139 Å². The monoisotopic (exact) mass is 565 g/mol. The van der Waals surface area contributed by atoms with Gasteiger partial charge in [0.25, 0.3) is 10.0 Å². The van der Waals surface area contributed by atoms with E-state index in [1.807, 2.05) is 30.3 Å². The number of carbonyl (C=O) groups excluding carboxylic acids is 2. The van der Waals surface area contributed by atoms with E-state index in [1.54, 1.807) is 31.2 Å². The minimum atomic E-state index is -4.35. The predicted molar refractivity (Wildman–Crippen MR) is 149 cm³/mol. The molecule has 2 aliphatic rings. The maximum Gasteiger partial charge on any atom is 0.286 e. The molecule has 9 nitrogen and oxygen atoms in total. The van der Waals surface area contributed by atoms with Gasteiger partial charge in [-0.25, -0.2) is 8.42 Å². The summed E-state index contributed by atoms with van der Waals surface area (Å²) in [5, 5.41) is 2.88. The van der Waals surface area contributed by atoms with Gasteiger partial charge in [-0.05, 0) is 55.5 Å². The summed E-state index contributed by atoms with van der Waals surface area (Å²) in [6.45, 7) is 1.80. The van der Waals surface area contributed by atoms with Crippen molar-refractivity contribution in [2.45, 2.75) is 36.5 Å². The number of nitrogens with one attached hydrogen (secondary N) is 2. The molecule has 0 spiro atoms. The van der Waals surface area contributed by atoms with Crippen LogP contribution in [-0.4, -0.2) is 40.5 Å². The lowest BCUT2D eigenvalue weighted by Crippen LogP contribution is -2.51. The van der Waals surface area contributed by atoms with Gasteiger partial charge in [0.2, 0.25) is 10.0 Å². The van der Waals surface area contributed by atoms with Crippen LogP contribution in [0.15, 0.2) is 82.1 Å². The molecule has 5 rings (SSSR count). The second-order valence-electron chi connectivity index (χ2n) is 10.0. The number of sulfonamides is 2. The molecule has 0 fully saturated rings. The van der Waals surface area contributed by atoms with Crippen molar-refractivity contribution in [3.63, 3.8) is 0 Å². The second-order valence-corrected chi connectivity index (χ2v) is 13.4. The molecule has 0 aromatic heterocycles. The number of fused-ring (bicyclic) bond motifs is 2. The maximum atomic E-state index is 14.1. The molecule has 1 aliphatic carbocycles. The fourth-order valence-corrected chi connectivity index (χ4v) is 7.02. The first-order valence-corrected chi connectivity index (χ1v) is 15.7. The van der Waals surface area contributed by atoms with E-state index in [0.717, 1.165) is 24.3 Å². The van der Waals surface area contributed by atoms with Crippen molar-refractivity contribution in [3.8, 4) is 0 Å². The molecule has 39 heavy (non-hydrogen) atoms. The molecule has 2 unspecified atom stereocenters. The average molecular weight is 566 g/mol. The van der Waals surface area contributed by atoms with Gasteiger partial charge in [0.05, 0.1) is 17.4 Å². The van der Waals surface area contributed by atoms with Gasteiger partial charge in [-0.15, -0.1) is 4.40 Å². The summed E-state index contributed by atoms with van der Waals surface area (Å²) in [4.78, 5) is 27.5. The standard InChI is InChI=1S/C28H27N3O6S2/c1-28(16-8-11-18-9-4-3-5-10-18)21-13-7-6-12-20(21)25(32)24(26(28)33)27-29-22-15-14-19(30-38(2,34)35)17-23(22)39(36,37)31-27/h3-7,9-10,12-15,17,24,30H,8,11,16H2,1-2H3,(H,29,31). The molecule has 2 N–H and O–H groups in total. The Morgan fingerprint density at radius 1 is 1.00 bits per heavy atom. The average Bonchev–Trinajstić information content (AvgIpc) is 2.88. The third-order valence-corrected chi connectivity index (χ3v) is 9.09. The first-order valence-electron chi connectivity index (χ1n) is 12.3. The van der Waals surface area contributed by atoms with Crippen LogP contribution in [0.5, 0.6) is 0 Å². The zero-order chi connectivity index (χ0) is 28.0. The lowest BCUT2D eigenvalue weighted by atomic mass is 9.63. The molecule has 1 heterocycles. The molecule has 0 saturated carbocycles. The van der Waals surface area contributed by atoms with E-state index in [0.29, 0.717) is 24.0 Å². The number of hydrogen-bond donors (Lipinski definition) is 2. The van der Waals surface area contributed by atoms with Gasteiger partial charge < -0.3 is 5.32 Å². The molecular weight excluding hydrogens is 538 g/mol. The molecule has 2 atom stereocenters. The van der Waals surface area contributed by atoms with Crippen molar-refractivity contribution >= 4 is 48.8 Å². The quantitative estimate of drug-likeness (QED) is 0.414. The minimum Gasteiger partial charge on any atom is -0.341 e. The van der Waals surface area contributed by atoms with Crippen molar-refractivity contribution in [2.24, 2.45) is 10.3 Å². The van der Waals surface area contributed by atoms with Gasteiger partial charge in [-0.1, -0.05) is 54.6 Å².